The molecule has 1 aromatic heterocycles. The molecule has 1 heterocycles. The maximum atomic E-state index is 9.30. The van der Waals surface area contributed by atoms with E-state index in [0.717, 1.165) is 21.2 Å². The van der Waals surface area contributed by atoms with Gasteiger partial charge in [0.05, 0.1) is 11.6 Å². The van der Waals surface area contributed by atoms with Gasteiger partial charge in [0.1, 0.15) is 24.0 Å². The highest BCUT2D eigenvalue weighted by molar-refractivity contribution is 9.10. The normalized spacial score (nSPS) is 10.8. The Hall–Kier alpha value is -3.04. The van der Waals surface area contributed by atoms with Crippen LogP contribution in [0.25, 0.3) is 0 Å². The summed E-state index contributed by atoms with van der Waals surface area (Å²) in [5.74, 6) is 2.19. The lowest BCUT2D eigenvalue weighted by Gasteiger charge is -2.13. The summed E-state index contributed by atoms with van der Waals surface area (Å²) in [7, 11) is 1.59. The topological polar surface area (TPSA) is 67.8 Å². The Kier molecular flexibility index (Phi) is 6.17. The van der Waals surface area contributed by atoms with Crippen LogP contribution in [-0.2, 0) is 6.61 Å². The van der Waals surface area contributed by atoms with Crippen molar-refractivity contribution < 1.29 is 13.9 Å². The summed E-state index contributed by atoms with van der Waals surface area (Å²) in [6.07, 6.45) is 1.63. The second-order valence-electron chi connectivity index (χ2n) is 6.14. The van der Waals surface area contributed by atoms with Crippen molar-refractivity contribution in [3.05, 3.63) is 75.0 Å². The zero-order valence-corrected chi connectivity index (χ0v) is 17.4. The fraction of sp³-hybridized carbons (Fsp3) is 0.182. The number of methoxy groups -OCH3 is 1. The van der Waals surface area contributed by atoms with E-state index in [1.807, 2.05) is 56.3 Å². The number of aliphatic imine (C=N–C) groups is 1. The number of ether oxygens (including phenoxy) is 2. The van der Waals surface area contributed by atoms with Crippen LogP contribution >= 0.6 is 15.9 Å². The molecule has 0 aliphatic carbocycles. The second-order valence-corrected chi connectivity index (χ2v) is 7.00. The van der Waals surface area contributed by atoms with Gasteiger partial charge in [0.2, 0.25) is 5.88 Å². The standard InChI is InChI=1S/C22H19BrN2O3/c1-14-15(2)28-22(18(14)11-24)25-12-17-9-19(23)21(20(10-17)26-3)27-13-16-7-5-4-6-8-16/h4-10,12H,13H2,1-3H3. The van der Waals surface area contributed by atoms with Gasteiger partial charge in [-0.2, -0.15) is 5.26 Å². The molecule has 2 aromatic carbocycles. The molecule has 0 fully saturated rings. The average molecular weight is 439 g/mol. The minimum absolute atomic E-state index is 0.303. The average Bonchev–Trinajstić information content (AvgIpc) is 2.98. The molecule has 28 heavy (non-hydrogen) atoms. The van der Waals surface area contributed by atoms with E-state index in [-0.39, 0.29) is 0 Å². The largest absolute Gasteiger partial charge is 0.493 e. The third-order valence-corrected chi connectivity index (χ3v) is 4.88. The quantitative estimate of drug-likeness (QED) is 0.451. The molecule has 6 heteroatoms. The van der Waals surface area contributed by atoms with Crippen molar-refractivity contribution in [3.8, 4) is 17.6 Å². The summed E-state index contributed by atoms with van der Waals surface area (Å²) < 4.78 is 17.7. The SMILES string of the molecule is COc1cc(C=Nc2oc(C)c(C)c2C#N)cc(Br)c1OCc1ccccc1. The maximum Gasteiger partial charge on any atom is 0.237 e. The van der Waals surface area contributed by atoms with Crippen LogP contribution in [-0.4, -0.2) is 13.3 Å². The Morgan fingerprint density at radius 3 is 2.64 bits per heavy atom. The highest BCUT2D eigenvalue weighted by Gasteiger charge is 2.14. The first-order chi connectivity index (χ1) is 13.5. The van der Waals surface area contributed by atoms with Crippen molar-refractivity contribution in [2.45, 2.75) is 20.5 Å². The van der Waals surface area contributed by atoms with Gasteiger partial charge >= 0.3 is 0 Å². The smallest absolute Gasteiger partial charge is 0.237 e. The number of hydrogen-bond acceptors (Lipinski definition) is 5. The number of furan rings is 1. The molecule has 3 aromatic rings. The van der Waals surface area contributed by atoms with E-state index in [9.17, 15) is 5.26 Å². The number of hydrogen-bond donors (Lipinski definition) is 0. The van der Waals surface area contributed by atoms with Gasteiger partial charge in [-0.3, -0.25) is 0 Å². The predicted octanol–water partition coefficient (Wildman–Crippen LogP) is 5.87. The second kappa shape index (κ2) is 8.77. The number of nitriles is 1. The number of rotatable bonds is 6. The van der Waals surface area contributed by atoms with Crippen LogP contribution in [0.2, 0.25) is 0 Å². The van der Waals surface area contributed by atoms with E-state index >= 15 is 0 Å². The summed E-state index contributed by atoms with van der Waals surface area (Å²) in [4.78, 5) is 4.34. The van der Waals surface area contributed by atoms with Gasteiger partial charge in [-0.05, 0) is 53.0 Å². The predicted molar refractivity (Wildman–Crippen MR) is 112 cm³/mol. The summed E-state index contributed by atoms with van der Waals surface area (Å²) in [5.41, 5.74) is 3.10. The zero-order valence-electron chi connectivity index (χ0n) is 15.8. The van der Waals surface area contributed by atoms with Crippen LogP contribution < -0.4 is 9.47 Å². The molecule has 5 nitrogen and oxygen atoms in total. The van der Waals surface area contributed by atoms with Crippen LogP contribution in [0.1, 0.15) is 28.0 Å². The van der Waals surface area contributed by atoms with Crippen molar-refractivity contribution >= 4 is 28.0 Å². The molecule has 0 saturated carbocycles. The third-order valence-electron chi connectivity index (χ3n) is 4.29. The van der Waals surface area contributed by atoms with Crippen LogP contribution in [0.3, 0.4) is 0 Å². The summed E-state index contributed by atoms with van der Waals surface area (Å²) in [6, 6.07) is 15.7. The third kappa shape index (κ3) is 4.26. The molecule has 0 unspecified atom stereocenters. The molecule has 0 aliphatic rings. The molecule has 0 bridgehead atoms. The van der Waals surface area contributed by atoms with Crippen molar-refractivity contribution in [3.63, 3.8) is 0 Å². The van der Waals surface area contributed by atoms with Crippen molar-refractivity contribution in [2.75, 3.05) is 7.11 Å². The van der Waals surface area contributed by atoms with Gasteiger partial charge in [0.15, 0.2) is 11.5 Å². The van der Waals surface area contributed by atoms with Gasteiger partial charge in [0.25, 0.3) is 0 Å². The van der Waals surface area contributed by atoms with E-state index in [2.05, 4.69) is 27.0 Å². The Bertz CT molecular complexity index is 1050. The number of nitrogens with zero attached hydrogens (tertiary/aromatic N) is 2. The van der Waals surface area contributed by atoms with E-state index < -0.39 is 0 Å². The van der Waals surface area contributed by atoms with E-state index in [1.165, 1.54) is 0 Å². The summed E-state index contributed by atoms with van der Waals surface area (Å²) in [5, 5.41) is 9.30. The van der Waals surface area contributed by atoms with Crippen molar-refractivity contribution in [1.29, 1.82) is 5.26 Å². The Morgan fingerprint density at radius 1 is 1.21 bits per heavy atom. The first-order valence-corrected chi connectivity index (χ1v) is 9.41. The first-order valence-electron chi connectivity index (χ1n) is 8.62. The highest BCUT2D eigenvalue weighted by Crippen LogP contribution is 2.37. The van der Waals surface area contributed by atoms with Gasteiger partial charge in [0, 0.05) is 11.8 Å². The summed E-state index contributed by atoms with van der Waals surface area (Å²) >= 11 is 3.54. The fourth-order valence-electron chi connectivity index (χ4n) is 2.65. The summed E-state index contributed by atoms with van der Waals surface area (Å²) in [6.45, 7) is 4.09. The Labute approximate surface area is 172 Å². The molecule has 0 spiro atoms. The molecule has 0 atom stereocenters. The molecule has 3 rings (SSSR count). The minimum atomic E-state index is 0.303. The van der Waals surface area contributed by atoms with E-state index in [0.29, 0.717) is 35.3 Å². The Balaban J connectivity index is 1.85. The van der Waals surface area contributed by atoms with Gasteiger partial charge in [-0.1, -0.05) is 30.3 Å². The van der Waals surface area contributed by atoms with Crippen molar-refractivity contribution in [2.24, 2.45) is 4.99 Å². The zero-order chi connectivity index (χ0) is 20.1. The lowest BCUT2D eigenvalue weighted by Crippen LogP contribution is -1.99. The molecule has 0 amide bonds. The Morgan fingerprint density at radius 2 is 1.96 bits per heavy atom. The lowest BCUT2D eigenvalue weighted by molar-refractivity contribution is 0.282. The molecule has 0 aliphatic heterocycles. The molecular formula is C22H19BrN2O3. The van der Waals surface area contributed by atoms with Gasteiger partial charge < -0.3 is 13.9 Å². The number of halogens is 1. The van der Waals surface area contributed by atoms with Gasteiger partial charge in [-0.15, -0.1) is 0 Å². The van der Waals surface area contributed by atoms with Crippen molar-refractivity contribution in [1.82, 2.24) is 0 Å². The molecule has 0 radical (unpaired) electrons. The molecule has 0 saturated heterocycles. The van der Waals surface area contributed by atoms with Crippen LogP contribution in [0, 0.1) is 25.2 Å². The number of aryl methyl sites for hydroxylation is 1. The van der Waals surface area contributed by atoms with Gasteiger partial charge in [-0.25, -0.2) is 4.99 Å². The first kappa shape index (κ1) is 19.7. The molecular weight excluding hydrogens is 420 g/mol. The highest BCUT2D eigenvalue weighted by atomic mass is 79.9. The van der Waals surface area contributed by atoms with Crippen LogP contribution in [0.15, 0.2) is 56.3 Å². The lowest BCUT2D eigenvalue weighted by atomic mass is 10.2. The monoisotopic (exact) mass is 438 g/mol. The van der Waals surface area contributed by atoms with Crippen LogP contribution in [0.5, 0.6) is 11.5 Å². The van der Waals surface area contributed by atoms with Crippen LogP contribution in [0.4, 0.5) is 5.88 Å². The minimum Gasteiger partial charge on any atom is -0.493 e. The number of benzene rings is 2. The van der Waals surface area contributed by atoms with E-state index in [1.54, 1.807) is 13.3 Å². The fourth-order valence-corrected chi connectivity index (χ4v) is 3.22. The molecule has 142 valence electrons. The maximum absolute atomic E-state index is 9.30. The van der Waals surface area contributed by atoms with E-state index in [4.69, 9.17) is 13.9 Å². The molecule has 0 N–H and O–H groups in total.